The van der Waals surface area contributed by atoms with Crippen LogP contribution in [0.2, 0.25) is 0 Å². The molecule has 1 spiro atoms. The molecule has 0 radical (unpaired) electrons. The van der Waals surface area contributed by atoms with E-state index in [1.54, 1.807) is 11.3 Å². The average molecular weight is 349 g/mol. The molecular weight excluding hydrogens is 326 g/mol. The summed E-state index contributed by atoms with van der Waals surface area (Å²) >= 11 is 1.64. The van der Waals surface area contributed by atoms with Crippen LogP contribution in [-0.4, -0.2) is 41.4 Å². The molecule has 1 aliphatic heterocycles. The minimum absolute atomic E-state index is 0.106. The van der Waals surface area contributed by atoms with E-state index < -0.39 is 11.6 Å². The molecule has 2 heterocycles. The molecule has 2 N–H and O–H groups in total. The third-order valence-electron chi connectivity index (χ3n) is 5.08. The van der Waals surface area contributed by atoms with Crippen molar-refractivity contribution < 1.29 is 14.4 Å². The van der Waals surface area contributed by atoms with Crippen LogP contribution in [-0.2, 0) is 16.0 Å². The van der Waals surface area contributed by atoms with E-state index in [1.807, 2.05) is 24.4 Å². The highest BCUT2D eigenvalue weighted by Crippen LogP contribution is 2.38. The lowest BCUT2D eigenvalue weighted by molar-refractivity contribution is -0.137. The van der Waals surface area contributed by atoms with Crippen molar-refractivity contribution in [1.82, 2.24) is 15.5 Å². The van der Waals surface area contributed by atoms with Crippen molar-refractivity contribution in [1.29, 1.82) is 0 Å². The topological polar surface area (TPSA) is 78.5 Å². The number of hydrogen-bond acceptors (Lipinski definition) is 4. The summed E-state index contributed by atoms with van der Waals surface area (Å²) in [5.41, 5.74) is -0.799. The first-order valence-electron chi connectivity index (χ1n) is 8.46. The number of thiophene rings is 1. The zero-order valence-electron chi connectivity index (χ0n) is 13.8. The highest BCUT2D eigenvalue weighted by Gasteiger charge is 2.55. The predicted octanol–water partition coefficient (Wildman–Crippen LogP) is 1.91. The van der Waals surface area contributed by atoms with Gasteiger partial charge in [-0.1, -0.05) is 25.8 Å². The molecule has 130 valence electrons. The third-order valence-corrected chi connectivity index (χ3v) is 6.01. The molecule has 24 heavy (non-hydrogen) atoms. The maximum Gasteiger partial charge on any atom is 0.325 e. The first-order chi connectivity index (χ1) is 11.5. The first kappa shape index (κ1) is 17.0. The van der Waals surface area contributed by atoms with Crippen molar-refractivity contribution in [3.8, 4) is 0 Å². The van der Waals surface area contributed by atoms with Crippen molar-refractivity contribution >= 4 is 29.2 Å². The summed E-state index contributed by atoms with van der Waals surface area (Å²) in [7, 11) is 0. The molecule has 6 nitrogen and oxygen atoms in total. The smallest absolute Gasteiger partial charge is 0.325 e. The van der Waals surface area contributed by atoms with Crippen LogP contribution in [0.15, 0.2) is 17.5 Å². The van der Waals surface area contributed by atoms with E-state index in [-0.39, 0.29) is 24.3 Å². The molecule has 2 fully saturated rings. The average Bonchev–Trinajstić information content (AvgIpc) is 3.14. The molecule has 1 saturated carbocycles. The fraction of sp³-hybridized carbons (Fsp3) is 0.588. The second kappa shape index (κ2) is 6.93. The Morgan fingerprint density at radius 2 is 2.29 bits per heavy atom. The number of carbonyl (C=O) groups is 3. The maximum absolute atomic E-state index is 12.8. The fourth-order valence-electron chi connectivity index (χ4n) is 3.62. The number of nitrogens with zero attached hydrogens (tertiary/aromatic N) is 1. The van der Waals surface area contributed by atoms with Gasteiger partial charge < -0.3 is 10.6 Å². The van der Waals surface area contributed by atoms with Gasteiger partial charge in [-0.25, -0.2) is 4.79 Å². The van der Waals surface area contributed by atoms with Gasteiger partial charge in [0.1, 0.15) is 12.1 Å². The second-order valence-electron chi connectivity index (χ2n) is 6.62. The van der Waals surface area contributed by atoms with Crippen LogP contribution in [0.4, 0.5) is 4.79 Å². The molecule has 1 aliphatic carbocycles. The second-order valence-corrected chi connectivity index (χ2v) is 7.65. The number of hydrogen-bond donors (Lipinski definition) is 2. The van der Waals surface area contributed by atoms with Gasteiger partial charge in [-0.05, 0) is 36.6 Å². The van der Waals surface area contributed by atoms with Gasteiger partial charge in [0.2, 0.25) is 5.91 Å². The number of carbonyl (C=O) groups excluding carboxylic acids is 3. The Morgan fingerprint density at radius 3 is 3.00 bits per heavy atom. The zero-order valence-corrected chi connectivity index (χ0v) is 14.7. The van der Waals surface area contributed by atoms with Crippen LogP contribution >= 0.6 is 11.3 Å². The van der Waals surface area contributed by atoms with Gasteiger partial charge in [-0.3, -0.25) is 14.5 Å². The molecule has 7 heteroatoms. The minimum atomic E-state index is -0.799. The maximum atomic E-state index is 12.8. The van der Waals surface area contributed by atoms with Crippen LogP contribution in [0.25, 0.3) is 0 Å². The Bertz CT molecular complexity index is 631. The van der Waals surface area contributed by atoms with Crippen LogP contribution in [0.5, 0.6) is 0 Å². The molecule has 0 aromatic carbocycles. The van der Waals surface area contributed by atoms with Crippen molar-refractivity contribution in [3.63, 3.8) is 0 Å². The summed E-state index contributed by atoms with van der Waals surface area (Å²) < 4.78 is 0. The van der Waals surface area contributed by atoms with E-state index in [9.17, 15) is 14.4 Å². The van der Waals surface area contributed by atoms with Crippen LogP contribution < -0.4 is 10.6 Å². The van der Waals surface area contributed by atoms with Crippen molar-refractivity contribution in [2.45, 2.75) is 44.6 Å². The Kier molecular flexibility index (Phi) is 4.89. The quantitative estimate of drug-likeness (QED) is 0.797. The number of rotatable bonds is 5. The molecular formula is C17H23N3O3S. The van der Waals surface area contributed by atoms with Gasteiger partial charge in [-0.15, -0.1) is 11.3 Å². The van der Waals surface area contributed by atoms with Crippen molar-refractivity contribution in [2.75, 3.05) is 13.1 Å². The largest absolute Gasteiger partial charge is 0.354 e. The van der Waals surface area contributed by atoms with Gasteiger partial charge in [0.15, 0.2) is 0 Å². The lowest BCUT2D eigenvalue weighted by Crippen LogP contribution is -2.54. The molecule has 0 unspecified atom stereocenters. The Balaban J connectivity index is 1.55. The Morgan fingerprint density at radius 1 is 1.46 bits per heavy atom. The van der Waals surface area contributed by atoms with Crippen molar-refractivity contribution in [2.24, 2.45) is 5.92 Å². The summed E-state index contributed by atoms with van der Waals surface area (Å²) in [5.74, 6) is -0.432. The first-order valence-corrected chi connectivity index (χ1v) is 9.34. The lowest BCUT2D eigenvalue weighted by Gasteiger charge is -2.36. The molecule has 4 amide bonds. The summed E-state index contributed by atoms with van der Waals surface area (Å²) in [6.45, 7) is 2.30. The van der Waals surface area contributed by atoms with E-state index >= 15 is 0 Å². The summed E-state index contributed by atoms with van der Waals surface area (Å²) in [5, 5.41) is 7.64. The fourth-order valence-corrected chi connectivity index (χ4v) is 4.33. The van der Waals surface area contributed by atoms with Gasteiger partial charge in [-0.2, -0.15) is 0 Å². The highest BCUT2D eigenvalue weighted by molar-refractivity contribution is 7.09. The Labute approximate surface area is 145 Å². The van der Waals surface area contributed by atoms with Gasteiger partial charge in [0, 0.05) is 11.4 Å². The molecule has 0 bridgehead atoms. The predicted molar refractivity (Wildman–Crippen MR) is 91.6 cm³/mol. The molecule has 1 aromatic rings. The molecule has 1 aromatic heterocycles. The number of urea groups is 1. The summed E-state index contributed by atoms with van der Waals surface area (Å²) in [4.78, 5) is 39.3. The SMILES string of the molecule is C[C@@H]1CCCC[C@]12NC(=O)N(CC(=O)NCCc1cccs1)C2=O. The van der Waals surface area contributed by atoms with Crippen molar-refractivity contribution in [3.05, 3.63) is 22.4 Å². The lowest BCUT2D eigenvalue weighted by atomic mass is 9.73. The zero-order chi connectivity index (χ0) is 17.2. The van der Waals surface area contributed by atoms with Gasteiger partial charge >= 0.3 is 6.03 Å². The highest BCUT2D eigenvalue weighted by atomic mass is 32.1. The Hall–Kier alpha value is -1.89. The summed E-state index contributed by atoms with van der Waals surface area (Å²) in [6, 6.07) is 3.55. The van der Waals surface area contributed by atoms with Gasteiger partial charge in [0.25, 0.3) is 5.91 Å². The molecule has 1 saturated heterocycles. The minimum Gasteiger partial charge on any atom is -0.354 e. The van der Waals surface area contributed by atoms with Crippen LogP contribution in [0, 0.1) is 5.92 Å². The third kappa shape index (κ3) is 3.17. The van der Waals surface area contributed by atoms with Gasteiger partial charge in [0.05, 0.1) is 0 Å². The van der Waals surface area contributed by atoms with Crippen LogP contribution in [0.1, 0.15) is 37.5 Å². The number of amides is 4. The monoisotopic (exact) mass is 349 g/mol. The van der Waals surface area contributed by atoms with Crippen LogP contribution in [0.3, 0.4) is 0 Å². The van der Waals surface area contributed by atoms with E-state index in [0.29, 0.717) is 13.0 Å². The number of nitrogens with one attached hydrogen (secondary N) is 2. The number of imide groups is 1. The normalized spacial score (nSPS) is 26.7. The summed E-state index contributed by atoms with van der Waals surface area (Å²) in [6.07, 6.45) is 4.35. The molecule has 3 rings (SSSR count). The molecule has 2 atom stereocenters. The van der Waals surface area contributed by atoms with E-state index in [1.165, 1.54) is 4.88 Å². The standard InChI is InChI=1S/C17H23N3O3S/c1-12-5-2-3-8-17(12)15(22)20(16(23)19-17)11-14(21)18-9-7-13-6-4-10-24-13/h4,6,10,12H,2-3,5,7-9,11H2,1H3,(H,18,21)(H,19,23)/t12-,17+/m1/s1. The van der Waals surface area contributed by atoms with E-state index in [2.05, 4.69) is 10.6 Å². The van der Waals surface area contributed by atoms with E-state index in [4.69, 9.17) is 0 Å². The molecule has 2 aliphatic rings. The van der Waals surface area contributed by atoms with E-state index in [0.717, 1.165) is 30.6 Å².